The van der Waals surface area contributed by atoms with Crippen LogP contribution in [0.4, 0.5) is 11.4 Å². The van der Waals surface area contributed by atoms with Gasteiger partial charge >= 0.3 is 0 Å². The molecule has 29 heavy (non-hydrogen) atoms. The summed E-state index contributed by atoms with van der Waals surface area (Å²) in [5.74, 6) is 1.06. The van der Waals surface area contributed by atoms with Crippen molar-refractivity contribution >= 4 is 38.5 Å². The Morgan fingerprint density at radius 3 is 2.00 bits per heavy atom. The molecule has 0 saturated carbocycles. The summed E-state index contributed by atoms with van der Waals surface area (Å²) in [7, 11) is -3.11. The second-order valence-electron chi connectivity index (χ2n) is 7.77. The molecular formula is C22H26N2O3S2. The zero-order valence-electron chi connectivity index (χ0n) is 16.7. The van der Waals surface area contributed by atoms with E-state index < -0.39 is 9.84 Å². The van der Waals surface area contributed by atoms with Gasteiger partial charge in [-0.1, -0.05) is 31.0 Å². The highest BCUT2D eigenvalue weighted by Crippen LogP contribution is 2.38. The molecule has 2 aromatic carbocycles. The van der Waals surface area contributed by atoms with E-state index in [4.69, 9.17) is 17.0 Å². The molecule has 0 N–H and O–H groups in total. The van der Waals surface area contributed by atoms with Crippen molar-refractivity contribution in [3.8, 4) is 5.75 Å². The van der Waals surface area contributed by atoms with Gasteiger partial charge in [-0.15, -0.1) is 0 Å². The van der Waals surface area contributed by atoms with Crippen LogP contribution in [-0.4, -0.2) is 43.7 Å². The summed E-state index contributed by atoms with van der Waals surface area (Å²) in [6, 6.07) is 15.5. The highest BCUT2D eigenvalue weighted by molar-refractivity contribution is 7.91. The van der Waals surface area contributed by atoms with E-state index in [1.807, 2.05) is 65.3 Å². The van der Waals surface area contributed by atoms with Crippen LogP contribution in [0.25, 0.3) is 0 Å². The topological polar surface area (TPSA) is 49.9 Å². The van der Waals surface area contributed by atoms with Crippen LogP contribution in [0.15, 0.2) is 48.5 Å². The SMILES string of the molecule is CCCCOc1ccc(N2C(=S)N(c3ccc(C)cc3)C3CS(=O)(=O)CC32)cc1. The lowest BCUT2D eigenvalue weighted by Crippen LogP contribution is -2.37. The number of ether oxygens (including phenoxy) is 1. The molecule has 2 fully saturated rings. The van der Waals surface area contributed by atoms with Gasteiger partial charge in [0.1, 0.15) is 5.75 Å². The van der Waals surface area contributed by atoms with Crippen molar-refractivity contribution in [2.75, 3.05) is 27.9 Å². The molecular weight excluding hydrogens is 404 g/mol. The molecule has 154 valence electrons. The number of hydrogen-bond donors (Lipinski definition) is 0. The number of anilines is 2. The zero-order chi connectivity index (χ0) is 20.6. The highest BCUT2D eigenvalue weighted by Gasteiger charge is 2.52. The average molecular weight is 431 g/mol. The van der Waals surface area contributed by atoms with Gasteiger partial charge in [-0.2, -0.15) is 0 Å². The van der Waals surface area contributed by atoms with Crippen molar-refractivity contribution in [2.24, 2.45) is 0 Å². The maximum Gasteiger partial charge on any atom is 0.181 e. The van der Waals surface area contributed by atoms with Gasteiger partial charge in [-0.25, -0.2) is 8.42 Å². The molecule has 2 heterocycles. The molecule has 7 heteroatoms. The number of benzene rings is 2. The first kappa shape index (κ1) is 20.2. The van der Waals surface area contributed by atoms with E-state index in [9.17, 15) is 8.42 Å². The molecule has 2 aliphatic rings. The van der Waals surface area contributed by atoms with Crippen LogP contribution in [0.3, 0.4) is 0 Å². The number of nitrogens with zero attached hydrogens (tertiary/aromatic N) is 2. The summed E-state index contributed by atoms with van der Waals surface area (Å²) in [5.41, 5.74) is 3.00. The molecule has 2 aliphatic heterocycles. The van der Waals surface area contributed by atoms with Crippen molar-refractivity contribution in [1.29, 1.82) is 0 Å². The largest absolute Gasteiger partial charge is 0.494 e. The second-order valence-corrected chi connectivity index (χ2v) is 10.3. The van der Waals surface area contributed by atoms with E-state index in [1.54, 1.807) is 0 Å². The van der Waals surface area contributed by atoms with Crippen LogP contribution in [0.5, 0.6) is 5.75 Å². The minimum absolute atomic E-state index is 0.120. The van der Waals surface area contributed by atoms with E-state index in [2.05, 4.69) is 6.92 Å². The first-order valence-corrected chi connectivity index (χ1v) is 12.2. The molecule has 5 nitrogen and oxygen atoms in total. The Balaban J connectivity index is 1.64. The van der Waals surface area contributed by atoms with Gasteiger partial charge in [0.05, 0.1) is 30.2 Å². The Hall–Kier alpha value is -2.12. The Kier molecular flexibility index (Phi) is 5.53. The normalized spacial score (nSPS) is 22.8. The van der Waals surface area contributed by atoms with Crippen LogP contribution in [0, 0.1) is 6.92 Å². The van der Waals surface area contributed by atoms with Crippen molar-refractivity contribution in [2.45, 2.75) is 38.8 Å². The Labute approximate surface area is 178 Å². The quantitative estimate of drug-likeness (QED) is 0.511. The first-order chi connectivity index (χ1) is 13.9. The third kappa shape index (κ3) is 3.98. The Morgan fingerprint density at radius 2 is 1.48 bits per heavy atom. The lowest BCUT2D eigenvalue weighted by Gasteiger charge is -2.26. The molecule has 0 amide bonds. The van der Waals surface area contributed by atoms with Gasteiger partial charge in [0.15, 0.2) is 14.9 Å². The molecule has 2 unspecified atom stereocenters. The van der Waals surface area contributed by atoms with E-state index in [-0.39, 0.29) is 23.6 Å². The molecule has 4 rings (SSSR count). The monoisotopic (exact) mass is 430 g/mol. The van der Waals surface area contributed by atoms with Crippen LogP contribution < -0.4 is 14.5 Å². The van der Waals surface area contributed by atoms with Crippen molar-refractivity contribution in [3.63, 3.8) is 0 Å². The number of fused-ring (bicyclic) bond motifs is 1. The van der Waals surface area contributed by atoms with Gasteiger partial charge < -0.3 is 14.5 Å². The van der Waals surface area contributed by atoms with Gasteiger partial charge in [-0.05, 0) is 62.0 Å². The van der Waals surface area contributed by atoms with E-state index in [1.165, 1.54) is 0 Å². The molecule has 0 spiro atoms. The summed E-state index contributed by atoms with van der Waals surface area (Å²) >= 11 is 5.83. The van der Waals surface area contributed by atoms with E-state index >= 15 is 0 Å². The third-order valence-corrected chi connectivity index (χ3v) is 7.65. The van der Waals surface area contributed by atoms with Gasteiger partial charge in [-0.3, -0.25) is 0 Å². The number of thiocarbonyl (C=S) groups is 1. The summed E-state index contributed by atoms with van der Waals surface area (Å²) in [6.45, 7) is 4.86. The average Bonchev–Trinajstić information content (AvgIpc) is 3.12. The minimum atomic E-state index is -3.11. The lowest BCUT2D eigenvalue weighted by molar-refractivity contribution is 0.309. The predicted molar refractivity (Wildman–Crippen MR) is 122 cm³/mol. The van der Waals surface area contributed by atoms with Crippen molar-refractivity contribution < 1.29 is 13.2 Å². The van der Waals surface area contributed by atoms with Crippen LogP contribution >= 0.6 is 12.2 Å². The molecule has 0 aliphatic carbocycles. The molecule has 0 aromatic heterocycles. The minimum Gasteiger partial charge on any atom is -0.494 e. The molecule has 0 radical (unpaired) electrons. The lowest BCUT2D eigenvalue weighted by atomic mass is 10.1. The van der Waals surface area contributed by atoms with Crippen LogP contribution in [-0.2, 0) is 9.84 Å². The summed E-state index contributed by atoms with van der Waals surface area (Å²) in [5, 5.41) is 0.651. The maximum absolute atomic E-state index is 12.4. The first-order valence-electron chi connectivity index (χ1n) is 10.0. The van der Waals surface area contributed by atoms with Gasteiger partial charge in [0.2, 0.25) is 0 Å². The molecule has 0 bridgehead atoms. The van der Waals surface area contributed by atoms with E-state index in [0.717, 1.165) is 35.5 Å². The van der Waals surface area contributed by atoms with Crippen LogP contribution in [0.1, 0.15) is 25.3 Å². The molecule has 2 aromatic rings. The van der Waals surface area contributed by atoms with Crippen LogP contribution in [0.2, 0.25) is 0 Å². The fraction of sp³-hybridized carbons (Fsp3) is 0.409. The smallest absolute Gasteiger partial charge is 0.181 e. The predicted octanol–water partition coefficient (Wildman–Crippen LogP) is 3.95. The molecule has 2 saturated heterocycles. The highest BCUT2D eigenvalue weighted by atomic mass is 32.2. The molecule has 2 atom stereocenters. The third-order valence-electron chi connectivity index (χ3n) is 5.56. The maximum atomic E-state index is 12.4. The second kappa shape index (κ2) is 7.95. The number of aryl methyl sites for hydroxylation is 1. The van der Waals surface area contributed by atoms with E-state index in [0.29, 0.717) is 11.7 Å². The summed E-state index contributed by atoms with van der Waals surface area (Å²) < 4.78 is 30.6. The standard InChI is InChI=1S/C22H26N2O3S2/c1-3-4-13-27-19-11-9-18(10-12-19)24-21-15-29(25,26)14-20(21)23(22(24)28)17-7-5-16(2)6-8-17/h5-12,20-21H,3-4,13-15H2,1-2H3. The zero-order valence-corrected chi connectivity index (χ0v) is 18.4. The van der Waals surface area contributed by atoms with Gasteiger partial charge in [0.25, 0.3) is 0 Å². The van der Waals surface area contributed by atoms with Crippen molar-refractivity contribution in [1.82, 2.24) is 0 Å². The fourth-order valence-corrected chi connectivity index (χ4v) is 6.45. The number of hydrogen-bond acceptors (Lipinski definition) is 4. The number of unbranched alkanes of at least 4 members (excludes halogenated alkanes) is 1. The van der Waals surface area contributed by atoms with Crippen molar-refractivity contribution in [3.05, 3.63) is 54.1 Å². The Morgan fingerprint density at radius 1 is 0.966 bits per heavy atom. The number of sulfone groups is 1. The fourth-order valence-electron chi connectivity index (χ4n) is 4.05. The van der Waals surface area contributed by atoms with Gasteiger partial charge in [0, 0.05) is 11.4 Å². The summed E-state index contributed by atoms with van der Waals surface area (Å²) in [4.78, 5) is 4.01. The Bertz CT molecular complexity index is 988. The number of rotatable bonds is 6. The summed E-state index contributed by atoms with van der Waals surface area (Å²) in [6.07, 6.45) is 2.11.